The fraction of sp³-hybridized carbons (Fsp3) is 0.250. The van der Waals surface area contributed by atoms with Gasteiger partial charge in [-0.2, -0.15) is 26.3 Å². The summed E-state index contributed by atoms with van der Waals surface area (Å²) in [6, 6.07) is 1.27. The first kappa shape index (κ1) is 15.7. The van der Waals surface area contributed by atoms with E-state index in [4.69, 9.17) is 16.0 Å². The van der Waals surface area contributed by atoms with Gasteiger partial charge in [-0.3, -0.25) is 0 Å². The average Bonchev–Trinajstić information content (AvgIpc) is 2.65. The molecule has 0 amide bonds. The smallest absolute Gasteiger partial charge is 0.417 e. The molecule has 0 aliphatic rings. The number of aromatic nitrogens is 1. The van der Waals surface area contributed by atoms with Crippen LogP contribution < -0.4 is 0 Å². The Morgan fingerprint density at radius 1 is 1.05 bits per heavy atom. The second-order valence-electron chi connectivity index (χ2n) is 4.14. The second kappa shape index (κ2) is 4.94. The predicted octanol–water partition coefficient (Wildman–Crippen LogP) is 5.34. The van der Waals surface area contributed by atoms with E-state index in [0.717, 1.165) is 0 Å². The third-order valence-corrected chi connectivity index (χ3v) is 2.83. The first-order valence-corrected chi connectivity index (χ1v) is 5.79. The van der Waals surface area contributed by atoms with E-state index in [1.54, 1.807) is 0 Å². The van der Waals surface area contributed by atoms with Crippen molar-refractivity contribution in [3.63, 3.8) is 0 Å². The lowest BCUT2D eigenvalue weighted by Crippen LogP contribution is -2.12. The van der Waals surface area contributed by atoms with Gasteiger partial charge in [-0.15, -0.1) is 0 Å². The minimum absolute atomic E-state index is 0.0329. The first-order chi connectivity index (χ1) is 9.50. The predicted molar refractivity (Wildman–Crippen MR) is 61.7 cm³/mol. The highest BCUT2D eigenvalue weighted by Crippen LogP contribution is 2.42. The molecule has 1 heterocycles. The minimum atomic E-state index is -4.98. The minimum Gasteiger partial charge on any atom is -0.427 e. The monoisotopic (exact) mass is 329 g/mol. The Morgan fingerprint density at radius 3 is 2.10 bits per heavy atom. The summed E-state index contributed by atoms with van der Waals surface area (Å²) in [7, 11) is 0. The molecule has 0 unspecified atom stereocenters. The molecular formula is C12H6ClF6NO. The Labute approximate surface area is 119 Å². The van der Waals surface area contributed by atoms with Crippen molar-refractivity contribution in [2.24, 2.45) is 0 Å². The number of hydrogen-bond acceptors (Lipinski definition) is 2. The lowest BCUT2D eigenvalue weighted by atomic mass is 10.0. The number of halogens is 7. The summed E-state index contributed by atoms with van der Waals surface area (Å²) >= 11 is 5.45. The number of oxazole rings is 1. The van der Waals surface area contributed by atoms with Gasteiger partial charge in [-0.1, -0.05) is 0 Å². The van der Waals surface area contributed by atoms with Gasteiger partial charge in [0.1, 0.15) is 0 Å². The van der Waals surface area contributed by atoms with E-state index in [1.165, 1.54) is 6.92 Å². The molecule has 1 aromatic carbocycles. The van der Waals surface area contributed by atoms with Crippen LogP contribution in [0.4, 0.5) is 26.3 Å². The second-order valence-corrected chi connectivity index (χ2v) is 4.46. The summed E-state index contributed by atoms with van der Waals surface area (Å²) < 4.78 is 81.4. The van der Waals surface area contributed by atoms with Gasteiger partial charge < -0.3 is 4.42 Å². The lowest BCUT2D eigenvalue weighted by molar-refractivity contribution is -0.142. The van der Waals surface area contributed by atoms with Gasteiger partial charge in [0.2, 0.25) is 0 Å². The van der Waals surface area contributed by atoms with Crippen molar-refractivity contribution < 1.29 is 30.8 Å². The highest BCUT2D eigenvalue weighted by molar-refractivity contribution is 6.27. The molecule has 0 radical (unpaired) electrons. The summed E-state index contributed by atoms with van der Waals surface area (Å²) in [6.07, 6.45) is -9.87. The molecule has 0 bridgehead atoms. The molecule has 2 nitrogen and oxygen atoms in total. The van der Waals surface area contributed by atoms with Crippen LogP contribution in [0.25, 0.3) is 11.3 Å². The van der Waals surface area contributed by atoms with Gasteiger partial charge in [-0.05, 0) is 36.7 Å². The number of benzene rings is 1. The molecule has 0 saturated carbocycles. The molecule has 9 heteroatoms. The summed E-state index contributed by atoms with van der Waals surface area (Å²) in [5.74, 6) is -0.318. The van der Waals surface area contributed by atoms with E-state index in [-0.39, 0.29) is 17.5 Å². The molecule has 2 aromatic rings. The van der Waals surface area contributed by atoms with Crippen LogP contribution in [0.2, 0.25) is 5.35 Å². The highest BCUT2D eigenvalue weighted by Gasteiger charge is 2.39. The van der Waals surface area contributed by atoms with Gasteiger partial charge in [0.15, 0.2) is 5.76 Å². The highest BCUT2D eigenvalue weighted by atomic mass is 35.5. The Balaban J connectivity index is 2.70. The van der Waals surface area contributed by atoms with Gasteiger partial charge in [0.05, 0.1) is 16.8 Å². The summed E-state index contributed by atoms with van der Waals surface area (Å²) in [6.45, 7) is 1.34. The molecule has 114 valence electrons. The maximum Gasteiger partial charge on any atom is 0.417 e. The van der Waals surface area contributed by atoms with Crippen molar-refractivity contribution in [3.8, 4) is 11.3 Å². The molecule has 0 aliphatic heterocycles. The van der Waals surface area contributed by atoms with E-state index in [2.05, 4.69) is 4.98 Å². The van der Waals surface area contributed by atoms with Gasteiger partial charge in [-0.25, -0.2) is 4.98 Å². The molecule has 0 atom stereocenters. The fourth-order valence-electron chi connectivity index (χ4n) is 1.77. The van der Waals surface area contributed by atoms with Crippen LogP contribution >= 0.6 is 11.6 Å². The summed E-state index contributed by atoms with van der Waals surface area (Å²) in [4.78, 5) is 3.59. The number of aryl methyl sites for hydroxylation is 1. The lowest BCUT2D eigenvalue weighted by Gasteiger charge is -2.14. The quantitative estimate of drug-likeness (QED) is 0.660. The Morgan fingerprint density at radius 2 is 1.67 bits per heavy atom. The number of rotatable bonds is 1. The molecule has 0 aliphatic carbocycles. The largest absolute Gasteiger partial charge is 0.427 e. The third kappa shape index (κ3) is 3.15. The van der Waals surface area contributed by atoms with Crippen LogP contribution in [0, 0.1) is 6.92 Å². The summed E-state index contributed by atoms with van der Waals surface area (Å²) in [5, 5.41) is -0.393. The van der Waals surface area contributed by atoms with E-state index in [0.29, 0.717) is 12.1 Å². The average molecular weight is 330 g/mol. The molecular weight excluding hydrogens is 324 g/mol. The fourth-order valence-corrected chi connectivity index (χ4v) is 1.97. The zero-order valence-corrected chi connectivity index (χ0v) is 11.0. The molecule has 21 heavy (non-hydrogen) atoms. The number of nitrogens with zero attached hydrogens (tertiary/aromatic N) is 1. The number of hydrogen-bond donors (Lipinski definition) is 0. The molecule has 0 spiro atoms. The Kier molecular flexibility index (Phi) is 3.69. The van der Waals surface area contributed by atoms with E-state index in [1.807, 2.05) is 0 Å². The molecule has 0 N–H and O–H groups in total. The van der Waals surface area contributed by atoms with Crippen LogP contribution in [0.1, 0.15) is 16.8 Å². The van der Waals surface area contributed by atoms with Gasteiger partial charge in [0.25, 0.3) is 5.35 Å². The zero-order valence-electron chi connectivity index (χ0n) is 10.2. The van der Waals surface area contributed by atoms with E-state index < -0.39 is 34.4 Å². The van der Waals surface area contributed by atoms with Crippen LogP contribution in [0.15, 0.2) is 22.6 Å². The van der Waals surface area contributed by atoms with Crippen LogP contribution in [0.3, 0.4) is 0 Å². The molecule has 0 saturated heterocycles. The first-order valence-electron chi connectivity index (χ1n) is 5.42. The van der Waals surface area contributed by atoms with Gasteiger partial charge in [0, 0.05) is 5.56 Å². The maximum absolute atomic E-state index is 13.0. The Bertz CT molecular complexity index is 673. The molecule has 2 rings (SSSR count). The summed E-state index contributed by atoms with van der Waals surface area (Å²) in [5.41, 5.74) is -3.37. The van der Waals surface area contributed by atoms with Crippen LogP contribution in [0.5, 0.6) is 0 Å². The maximum atomic E-state index is 13.0. The Hall–Kier alpha value is -1.70. The van der Waals surface area contributed by atoms with Crippen molar-refractivity contribution >= 4 is 11.6 Å². The van der Waals surface area contributed by atoms with Crippen molar-refractivity contribution in [2.45, 2.75) is 19.3 Å². The zero-order chi connectivity index (χ0) is 16.0. The van der Waals surface area contributed by atoms with Crippen LogP contribution in [-0.4, -0.2) is 4.98 Å². The van der Waals surface area contributed by atoms with Gasteiger partial charge >= 0.3 is 12.4 Å². The normalized spacial score (nSPS) is 12.8. The standard InChI is InChI=1S/C12H6ClF6NO/c1-5-9(21-10(13)20-5)7-3-2-6(11(14,15)16)4-8(7)12(17,18)19/h2-4H,1H3. The van der Waals surface area contributed by atoms with Crippen molar-refractivity contribution in [1.82, 2.24) is 4.98 Å². The topological polar surface area (TPSA) is 26.0 Å². The van der Waals surface area contributed by atoms with Crippen molar-refractivity contribution in [1.29, 1.82) is 0 Å². The molecule has 0 fully saturated rings. The third-order valence-electron chi connectivity index (χ3n) is 2.67. The molecule has 1 aromatic heterocycles. The SMILES string of the molecule is Cc1nc(Cl)oc1-c1ccc(C(F)(F)F)cc1C(F)(F)F. The van der Waals surface area contributed by atoms with Crippen LogP contribution in [-0.2, 0) is 12.4 Å². The van der Waals surface area contributed by atoms with Crippen molar-refractivity contribution in [2.75, 3.05) is 0 Å². The van der Waals surface area contributed by atoms with E-state index in [9.17, 15) is 26.3 Å². The number of alkyl halides is 6. The van der Waals surface area contributed by atoms with E-state index >= 15 is 0 Å². The van der Waals surface area contributed by atoms with Crippen molar-refractivity contribution in [3.05, 3.63) is 40.4 Å².